The SMILES string of the molecule is C=C/C=C\[C@H](C)N(C(=O)NC)c1ccccc1. The van der Waals surface area contributed by atoms with Crippen molar-refractivity contribution in [3.63, 3.8) is 0 Å². The second-order valence-electron chi connectivity index (χ2n) is 3.62. The van der Waals surface area contributed by atoms with Crippen LogP contribution in [0, 0.1) is 0 Å². The van der Waals surface area contributed by atoms with E-state index in [0.29, 0.717) is 0 Å². The highest BCUT2D eigenvalue weighted by Crippen LogP contribution is 2.17. The Kier molecular flexibility index (Phi) is 5.01. The fourth-order valence-corrected chi connectivity index (χ4v) is 1.57. The van der Waals surface area contributed by atoms with E-state index in [1.54, 1.807) is 18.0 Å². The molecule has 0 fully saturated rings. The molecule has 1 aromatic rings. The zero-order valence-corrected chi connectivity index (χ0v) is 10.3. The number of nitrogens with zero attached hydrogens (tertiary/aromatic N) is 1. The first-order chi connectivity index (χ1) is 8.20. The van der Waals surface area contributed by atoms with Gasteiger partial charge in [0.05, 0.1) is 6.04 Å². The van der Waals surface area contributed by atoms with E-state index in [2.05, 4.69) is 11.9 Å². The molecule has 1 N–H and O–H groups in total. The molecule has 1 rings (SSSR count). The molecular formula is C14H18N2O. The minimum atomic E-state index is -0.127. The molecule has 2 amide bonds. The summed E-state index contributed by atoms with van der Waals surface area (Å²) in [6, 6.07) is 9.41. The molecule has 0 aliphatic heterocycles. The van der Waals surface area contributed by atoms with E-state index in [9.17, 15) is 4.79 Å². The van der Waals surface area contributed by atoms with Gasteiger partial charge in [-0.15, -0.1) is 0 Å². The molecule has 0 bridgehead atoms. The molecule has 3 nitrogen and oxygen atoms in total. The number of carbonyl (C=O) groups excluding carboxylic acids is 1. The highest BCUT2D eigenvalue weighted by molar-refractivity contribution is 5.92. The van der Waals surface area contributed by atoms with Gasteiger partial charge in [-0.25, -0.2) is 4.79 Å². The van der Waals surface area contributed by atoms with Crippen molar-refractivity contribution in [3.05, 3.63) is 55.1 Å². The fraction of sp³-hybridized carbons (Fsp3) is 0.214. The van der Waals surface area contributed by atoms with Crippen molar-refractivity contribution >= 4 is 11.7 Å². The highest BCUT2D eigenvalue weighted by atomic mass is 16.2. The Morgan fingerprint density at radius 2 is 2.06 bits per heavy atom. The maximum absolute atomic E-state index is 11.9. The lowest BCUT2D eigenvalue weighted by Gasteiger charge is -2.26. The average Bonchev–Trinajstić information content (AvgIpc) is 2.37. The van der Waals surface area contributed by atoms with Crippen LogP contribution in [-0.2, 0) is 0 Å². The van der Waals surface area contributed by atoms with Crippen molar-refractivity contribution in [2.24, 2.45) is 0 Å². The van der Waals surface area contributed by atoms with E-state index >= 15 is 0 Å². The number of hydrogen-bond acceptors (Lipinski definition) is 1. The Morgan fingerprint density at radius 3 is 2.59 bits per heavy atom. The summed E-state index contributed by atoms with van der Waals surface area (Å²) >= 11 is 0. The van der Waals surface area contributed by atoms with Gasteiger partial charge in [-0.2, -0.15) is 0 Å². The number of nitrogens with one attached hydrogen (secondary N) is 1. The number of rotatable bonds is 4. The van der Waals surface area contributed by atoms with Crippen LogP contribution in [0.15, 0.2) is 55.1 Å². The largest absolute Gasteiger partial charge is 0.341 e. The van der Waals surface area contributed by atoms with Crippen LogP contribution in [0.3, 0.4) is 0 Å². The number of para-hydroxylation sites is 1. The van der Waals surface area contributed by atoms with Crippen LogP contribution in [0.5, 0.6) is 0 Å². The van der Waals surface area contributed by atoms with Gasteiger partial charge in [0, 0.05) is 12.7 Å². The Hall–Kier alpha value is -2.03. The first kappa shape index (κ1) is 13.0. The van der Waals surface area contributed by atoms with Crippen molar-refractivity contribution in [1.29, 1.82) is 0 Å². The first-order valence-electron chi connectivity index (χ1n) is 5.56. The third kappa shape index (κ3) is 3.48. The number of amides is 2. The maximum atomic E-state index is 11.9. The molecule has 0 saturated carbocycles. The van der Waals surface area contributed by atoms with Gasteiger partial charge in [0.25, 0.3) is 0 Å². The summed E-state index contributed by atoms with van der Waals surface area (Å²) in [4.78, 5) is 13.6. The van der Waals surface area contributed by atoms with Gasteiger partial charge in [-0.3, -0.25) is 4.90 Å². The molecule has 17 heavy (non-hydrogen) atoms. The predicted molar refractivity (Wildman–Crippen MR) is 72.2 cm³/mol. The monoisotopic (exact) mass is 230 g/mol. The lowest BCUT2D eigenvalue weighted by Crippen LogP contribution is -2.43. The Labute approximate surface area is 102 Å². The van der Waals surface area contributed by atoms with E-state index in [1.165, 1.54) is 0 Å². The third-order valence-corrected chi connectivity index (χ3v) is 2.40. The van der Waals surface area contributed by atoms with Gasteiger partial charge in [-0.1, -0.05) is 43.0 Å². The highest BCUT2D eigenvalue weighted by Gasteiger charge is 2.18. The van der Waals surface area contributed by atoms with E-state index < -0.39 is 0 Å². The summed E-state index contributed by atoms with van der Waals surface area (Å²) in [5.74, 6) is 0. The smallest absolute Gasteiger partial charge is 0.322 e. The molecule has 0 aliphatic carbocycles. The molecule has 0 heterocycles. The molecule has 1 aromatic carbocycles. The molecular weight excluding hydrogens is 212 g/mol. The van der Waals surface area contributed by atoms with Gasteiger partial charge < -0.3 is 5.32 Å². The second kappa shape index (κ2) is 6.53. The fourth-order valence-electron chi connectivity index (χ4n) is 1.57. The number of urea groups is 1. The maximum Gasteiger partial charge on any atom is 0.322 e. The van der Waals surface area contributed by atoms with Crippen LogP contribution in [0.2, 0.25) is 0 Å². The lowest BCUT2D eigenvalue weighted by molar-refractivity contribution is 0.247. The van der Waals surface area contributed by atoms with Gasteiger partial charge in [0.1, 0.15) is 0 Å². The van der Waals surface area contributed by atoms with Gasteiger partial charge >= 0.3 is 6.03 Å². The summed E-state index contributed by atoms with van der Waals surface area (Å²) in [6.07, 6.45) is 5.46. The zero-order chi connectivity index (χ0) is 12.7. The molecule has 0 saturated heterocycles. The van der Waals surface area contributed by atoms with E-state index in [0.717, 1.165) is 5.69 Å². The Bertz CT molecular complexity index is 398. The normalized spacial score (nSPS) is 12.1. The molecule has 0 spiro atoms. The van der Waals surface area contributed by atoms with Gasteiger partial charge in [0.2, 0.25) is 0 Å². The first-order valence-corrected chi connectivity index (χ1v) is 5.56. The molecule has 0 radical (unpaired) electrons. The van der Waals surface area contributed by atoms with Crippen molar-refractivity contribution in [2.75, 3.05) is 11.9 Å². The number of benzene rings is 1. The van der Waals surface area contributed by atoms with Crippen LogP contribution >= 0.6 is 0 Å². The Balaban J connectivity index is 3.00. The minimum absolute atomic E-state index is 0.0321. The molecule has 0 unspecified atom stereocenters. The number of allylic oxidation sites excluding steroid dienone is 2. The second-order valence-corrected chi connectivity index (χ2v) is 3.62. The standard InChI is InChI=1S/C14H18N2O/c1-4-5-9-12(2)16(14(17)15-3)13-10-7-6-8-11-13/h4-12H,1H2,2-3H3,(H,15,17)/b9-5-/t12-/m0/s1. The number of anilines is 1. The van der Waals surface area contributed by atoms with Gasteiger partial charge in [-0.05, 0) is 19.1 Å². The van der Waals surface area contributed by atoms with Crippen LogP contribution < -0.4 is 10.2 Å². The van der Waals surface area contributed by atoms with Gasteiger partial charge in [0.15, 0.2) is 0 Å². The van der Waals surface area contributed by atoms with Crippen molar-refractivity contribution < 1.29 is 4.79 Å². The van der Waals surface area contributed by atoms with E-state index in [-0.39, 0.29) is 12.1 Å². The summed E-state index contributed by atoms with van der Waals surface area (Å²) in [5, 5.41) is 2.65. The molecule has 0 aromatic heterocycles. The number of hydrogen-bond donors (Lipinski definition) is 1. The van der Waals surface area contributed by atoms with Crippen LogP contribution in [0.4, 0.5) is 10.5 Å². The van der Waals surface area contributed by atoms with Crippen molar-refractivity contribution in [3.8, 4) is 0 Å². The quantitative estimate of drug-likeness (QED) is 0.792. The topological polar surface area (TPSA) is 32.3 Å². The molecule has 0 aliphatic rings. The lowest BCUT2D eigenvalue weighted by atomic mass is 10.2. The molecule has 1 atom stereocenters. The van der Waals surface area contributed by atoms with Crippen LogP contribution in [0.25, 0.3) is 0 Å². The minimum Gasteiger partial charge on any atom is -0.341 e. The van der Waals surface area contributed by atoms with Crippen LogP contribution in [0.1, 0.15) is 6.92 Å². The van der Waals surface area contributed by atoms with Crippen LogP contribution in [-0.4, -0.2) is 19.1 Å². The Morgan fingerprint density at radius 1 is 1.41 bits per heavy atom. The summed E-state index contributed by atoms with van der Waals surface area (Å²) in [7, 11) is 1.63. The number of carbonyl (C=O) groups is 1. The summed E-state index contributed by atoms with van der Waals surface area (Å²) in [6.45, 7) is 5.58. The zero-order valence-electron chi connectivity index (χ0n) is 10.3. The van der Waals surface area contributed by atoms with E-state index in [4.69, 9.17) is 0 Å². The molecule has 90 valence electrons. The van der Waals surface area contributed by atoms with E-state index in [1.807, 2.05) is 49.4 Å². The average molecular weight is 230 g/mol. The van der Waals surface area contributed by atoms with Crippen molar-refractivity contribution in [2.45, 2.75) is 13.0 Å². The molecule has 3 heteroatoms. The summed E-state index contributed by atoms with van der Waals surface area (Å²) in [5.41, 5.74) is 0.869. The predicted octanol–water partition coefficient (Wildman–Crippen LogP) is 2.96. The third-order valence-electron chi connectivity index (χ3n) is 2.40. The summed E-state index contributed by atoms with van der Waals surface area (Å²) < 4.78 is 0. The van der Waals surface area contributed by atoms with Crippen molar-refractivity contribution in [1.82, 2.24) is 5.32 Å².